The maximum absolute atomic E-state index is 13.3. The van der Waals surface area contributed by atoms with Crippen LogP contribution in [0, 0.1) is 5.82 Å². The fourth-order valence-electron chi connectivity index (χ4n) is 1.90. The van der Waals surface area contributed by atoms with E-state index in [0.717, 1.165) is 17.1 Å². The van der Waals surface area contributed by atoms with Crippen molar-refractivity contribution in [3.8, 4) is 0 Å². The minimum Gasteiger partial charge on any atom is -0.382 e. The number of hydrogen-bond acceptors (Lipinski definition) is 1. The predicted octanol–water partition coefficient (Wildman–Crippen LogP) is 5.18. The van der Waals surface area contributed by atoms with Crippen molar-refractivity contribution in [1.82, 2.24) is 0 Å². The molecule has 0 spiro atoms. The van der Waals surface area contributed by atoms with E-state index in [0.29, 0.717) is 0 Å². The molecule has 0 bridgehead atoms. The van der Waals surface area contributed by atoms with Gasteiger partial charge >= 0.3 is 0 Å². The van der Waals surface area contributed by atoms with Crippen molar-refractivity contribution in [1.29, 1.82) is 0 Å². The second-order valence-electron chi connectivity index (χ2n) is 4.50. The second-order valence-corrected chi connectivity index (χ2v) is 5.35. The van der Waals surface area contributed by atoms with E-state index in [1.54, 1.807) is 12.1 Å². The normalized spacial score (nSPS) is 12.2. The molecule has 0 fully saturated rings. The van der Waals surface area contributed by atoms with Gasteiger partial charge in [-0.3, -0.25) is 0 Å². The van der Waals surface area contributed by atoms with E-state index < -0.39 is 5.82 Å². The Kier molecular flexibility index (Phi) is 4.67. The lowest BCUT2D eigenvalue weighted by Crippen LogP contribution is -2.18. The molecule has 2 aromatic carbocycles. The summed E-state index contributed by atoms with van der Waals surface area (Å²) in [7, 11) is 0. The number of anilines is 1. The van der Waals surface area contributed by atoms with Crippen molar-refractivity contribution in [2.75, 3.05) is 5.32 Å². The van der Waals surface area contributed by atoms with Gasteiger partial charge < -0.3 is 5.32 Å². The Morgan fingerprint density at radius 1 is 1.11 bits per heavy atom. The lowest BCUT2D eigenvalue weighted by Gasteiger charge is -2.15. The minimum absolute atomic E-state index is 0.135. The number of nitrogens with one attached hydrogen (secondary N) is 1. The highest BCUT2D eigenvalue weighted by atomic mass is 35.5. The zero-order valence-corrected chi connectivity index (χ0v) is 12.0. The van der Waals surface area contributed by atoms with E-state index in [-0.39, 0.29) is 11.1 Å². The molecule has 0 amide bonds. The van der Waals surface area contributed by atoms with Crippen LogP contribution in [0.1, 0.15) is 12.5 Å². The van der Waals surface area contributed by atoms with E-state index in [9.17, 15) is 4.39 Å². The van der Waals surface area contributed by atoms with Crippen LogP contribution in [0.15, 0.2) is 42.5 Å². The molecule has 0 saturated carbocycles. The lowest BCUT2D eigenvalue weighted by atomic mass is 10.1. The zero-order chi connectivity index (χ0) is 13.8. The van der Waals surface area contributed by atoms with Gasteiger partial charge in [-0.25, -0.2) is 4.39 Å². The van der Waals surface area contributed by atoms with Crippen molar-refractivity contribution < 1.29 is 4.39 Å². The summed E-state index contributed by atoms with van der Waals surface area (Å²) in [5.41, 5.74) is 1.90. The van der Waals surface area contributed by atoms with Crippen LogP contribution >= 0.6 is 23.2 Å². The average Bonchev–Trinajstić information content (AvgIpc) is 2.37. The van der Waals surface area contributed by atoms with Crippen LogP contribution < -0.4 is 5.32 Å². The van der Waals surface area contributed by atoms with Gasteiger partial charge in [0.25, 0.3) is 0 Å². The van der Waals surface area contributed by atoms with Crippen molar-refractivity contribution in [3.05, 3.63) is 63.9 Å². The molecule has 1 nitrogen and oxygen atoms in total. The Hall–Kier alpha value is -1.25. The summed E-state index contributed by atoms with van der Waals surface area (Å²) in [5, 5.41) is 4.10. The van der Waals surface area contributed by atoms with Gasteiger partial charge in [-0.15, -0.1) is 0 Å². The summed E-state index contributed by atoms with van der Waals surface area (Å²) >= 11 is 11.5. The molecule has 2 rings (SSSR count). The quantitative estimate of drug-likeness (QED) is 0.820. The van der Waals surface area contributed by atoms with Crippen molar-refractivity contribution in [2.45, 2.75) is 19.4 Å². The number of halogens is 3. The molecule has 0 aromatic heterocycles. The van der Waals surface area contributed by atoms with Gasteiger partial charge in [0.2, 0.25) is 0 Å². The Labute approximate surface area is 122 Å². The van der Waals surface area contributed by atoms with E-state index >= 15 is 0 Å². The molecule has 1 N–H and O–H groups in total. The summed E-state index contributed by atoms with van der Waals surface area (Å²) in [6, 6.07) is 12.6. The molecular weight excluding hydrogens is 284 g/mol. The van der Waals surface area contributed by atoms with Crippen LogP contribution in [0.25, 0.3) is 0 Å². The Balaban J connectivity index is 1.98. The van der Waals surface area contributed by atoms with Crippen LogP contribution in [0.2, 0.25) is 10.0 Å². The van der Waals surface area contributed by atoms with Gasteiger partial charge in [0.05, 0.1) is 5.02 Å². The first-order chi connectivity index (χ1) is 9.04. The molecule has 0 aliphatic rings. The first-order valence-corrected chi connectivity index (χ1v) is 6.76. The van der Waals surface area contributed by atoms with E-state index in [1.807, 2.05) is 31.2 Å². The summed E-state index contributed by atoms with van der Waals surface area (Å²) in [6.45, 7) is 2.04. The van der Waals surface area contributed by atoms with E-state index in [4.69, 9.17) is 23.2 Å². The second kappa shape index (κ2) is 6.27. The molecule has 2 aromatic rings. The predicted molar refractivity (Wildman–Crippen MR) is 79.7 cm³/mol. The highest BCUT2D eigenvalue weighted by Gasteiger charge is 2.06. The highest BCUT2D eigenvalue weighted by molar-refractivity contribution is 6.31. The monoisotopic (exact) mass is 297 g/mol. The first kappa shape index (κ1) is 14.2. The molecule has 0 heterocycles. The van der Waals surface area contributed by atoms with Crippen LogP contribution in [-0.4, -0.2) is 6.04 Å². The van der Waals surface area contributed by atoms with Crippen LogP contribution in [-0.2, 0) is 6.42 Å². The van der Waals surface area contributed by atoms with E-state index in [2.05, 4.69) is 5.32 Å². The first-order valence-electron chi connectivity index (χ1n) is 6.00. The topological polar surface area (TPSA) is 12.0 Å². The Morgan fingerprint density at radius 2 is 1.79 bits per heavy atom. The summed E-state index contributed by atoms with van der Waals surface area (Å²) in [5.74, 6) is -0.412. The van der Waals surface area contributed by atoms with Crippen molar-refractivity contribution in [3.63, 3.8) is 0 Å². The van der Waals surface area contributed by atoms with Crippen molar-refractivity contribution >= 4 is 28.9 Å². The van der Waals surface area contributed by atoms with Gasteiger partial charge in [0, 0.05) is 16.8 Å². The fourth-order valence-corrected chi connectivity index (χ4v) is 2.14. The highest BCUT2D eigenvalue weighted by Crippen LogP contribution is 2.20. The molecule has 0 aliphatic heterocycles. The van der Waals surface area contributed by atoms with Gasteiger partial charge in [0.15, 0.2) is 0 Å². The zero-order valence-electron chi connectivity index (χ0n) is 10.5. The Morgan fingerprint density at radius 3 is 2.42 bits per heavy atom. The standard InChI is InChI=1S/C15H14Cl2FN/c1-10(8-11-2-4-12(16)5-3-11)19-13-6-7-14(17)15(18)9-13/h2-7,9-10,19H,8H2,1H3. The molecule has 0 saturated heterocycles. The largest absolute Gasteiger partial charge is 0.382 e. The maximum atomic E-state index is 13.3. The summed E-state index contributed by atoms with van der Waals surface area (Å²) in [6.07, 6.45) is 0.835. The molecular formula is C15H14Cl2FN. The average molecular weight is 298 g/mol. The number of hydrogen-bond donors (Lipinski definition) is 1. The van der Waals surface area contributed by atoms with Crippen LogP contribution in [0.5, 0.6) is 0 Å². The van der Waals surface area contributed by atoms with Gasteiger partial charge in [-0.05, 0) is 49.2 Å². The molecule has 0 aliphatic carbocycles. The summed E-state index contributed by atoms with van der Waals surface area (Å²) in [4.78, 5) is 0. The maximum Gasteiger partial charge on any atom is 0.143 e. The van der Waals surface area contributed by atoms with Gasteiger partial charge in [-0.1, -0.05) is 35.3 Å². The van der Waals surface area contributed by atoms with Crippen molar-refractivity contribution in [2.24, 2.45) is 0 Å². The lowest BCUT2D eigenvalue weighted by molar-refractivity contribution is 0.628. The van der Waals surface area contributed by atoms with Gasteiger partial charge in [0.1, 0.15) is 5.82 Å². The van der Waals surface area contributed by atoms with Crippen LogP contribution in [0.4, 0.5) is 10.1 Å². The summed E-state index contributed by atoms with van der Waals surface area (Å²) < 4.78 is 13.3. The molecule has 0 radical (unpaired) electrons. The molecule has 4 heteroatoms. The molecule has 100 valence electrons. The van der Waals surface area contributed by atoms with E-state index in [1.165, 1.54) is 11.6 Å². The number of benzene rings is 2. The number of rotatable bonds is 4. The third-order valence-electron chi connectivity index (χ3n) is 2.79. The Bertz CT molecular complexity index is 555. The SMILES string of the molecule is CC(Cc1ccc(Cl)cc1)Nc1ccc(Cl)c(F)c1. The molecule has 1 unspecified atom stereocenters. The third kappa shape index (κ3) is 4.12. The molecule has 1 atom stereocenters. The minimum atomic E-state index is -0.412. The molecule has 19 heavy (non-hydrogen) atoms. The fraction of sp³-hybridized carbons (Fsp3) is 0.200. The van der Waals surface area contributed by atoms with Crippen LogP contribution in [0.3, 0.4) is 0 Å². The van der Waals surface area contributed by atoms with Gasteiger partial charge in [-0.2, -0.15) is 0 Å². The smallest absolute Gasteiger partial charge is 0.143 e. The third-order valence-corrected chi connectivity index (χ3v) is 3.35.